The summed E-state index contributed by atoms with van der Waals surface area (Å²) in [5.41, 5.74) is 5.51. The molecule has 1 aromatic heterocycles. The third-order valence-electron chi connectivity index (χ3n) is 3.76. The van der Waals surface area contributed by atoms with E-state index in [-0.39, 0.29) is 32.8 Å². The molecule has 29 heavy (non-hydrogen) atoms. The van der Waals surface area contributed by atoms with Crippen LogP contribution >= 0.6 is 34.8 Å². The zero-order valence-corrected chi connectivity index (χ0v) is 16.4. The Morgan fingerprint density at radius 2 is 1.59 bits per heavy atom. The van der Waals surface area contributed by atoms with Crippen LogP contribution in [-0.2, 0) is 6.18 Å². The quantitative estimate of drug-likeness (QED) is 0.478. The van der Waals surface area contributed by atoms with Gasteiger partial charge in [0.2, 0.25) is 0 Å². The van der Waals surface area contributed by atoms with Gasteiger partial charge in [-0.15, -0.1) is 0 Å². The van der Waals surface area contributed by atoms with E-state index in [1.165, 1.54) is 0 Å². The Labute approximate surface area is 178 Å². The van der Waals surface area contributed by atoms with Crippen LogP contribution in [0.1, 0.15) is 22.4 Å². The second-order valence-corrected chi connectivity index (χ2v) is 6.93. The van der Waals surface area contributed by atoms with E-state index in [0.717, 1.165) is 4.68 Å². The number of benzene rings is 2. The SMILES string of the molecule is N#Cc1nn(-c2c(Cl)cc(C(F)(F)F)cc2Cl)c(N)c1C#Cc1ccc(Cl)cc1. The zero-order chi connectivity index (χ0) is 21.3. The van der Waals surface area contributed by atoms with Gasteiger partial charge >= 0.3 is 6.18 Å². The van der Waals surface area contributed by atoms with Crippen LogP contribution in [-0.4, -0.2) is 9.78 Å². The summed E-state index contributed by atoms with van der Waals surface area (Å²) in [6.07, 6.45) is -4.63. The van der Waals surface area contributed by atoms with Crippen molar-refractivity contribution in [3.05, 3.63) is 73.9 Å². The number of nitrogens with two attached hydrogens (primary N) is 1. The molecular formula is C19H8Cl3F3N4. The molecule has 0 spiro atoms. The normalized spacial score (nSPS) is 10.9. The predicted molar refractivity (Wildman–Crippen MR) is 105 cm³/mol. The Bertz CT molecular complexity index is 1170. The first kappa shape index (κ1) is 20.9. The fraction of sp³-hybridized carbons (Fsp3) is 0.0526. The van der Waals surface area contributed by atoms with E-state index < -0.39 is 11.7 Å². The number of nitrogens with zero attached hydrogens (tertiary/aromatic N) is 3. The standard InChI is InChI=1S/C19H8Cl3F3N4/c20-12-4-1-10(2-5-12)3-6-13-16(9-26)28-29(18(13)27)17-14(21)7-11(8-15(17)22)19(23,24)25/h1-2,4-5,7-8H,27H2. The van der Waals surface area contributed by atoms with Gasteiger partial charge in [0.05, 0.1) is 15.6 Å². The maximum Gasteiger partial charge on any atom is 0.416 e. The molecule has 3 rings (SSSR count). The summed E-state index contributed by atoms with van der Waals surface area (Å²) >= 11 is 17.8. The Morgan fingerprint density at radius 3 is 2.10 bits per heavy atom. The van der Waals surface area contributed by atoms with Crippen LogP contribution in [0.15, 0.2) is 36.4 Å². The number of hydrogen-bond donors (Lipinski definition) is 1. The van der Waals surface area contributed by atoms with E-state index >= 15 is 0 Å². The maximum absolute atomic E-state index is 12.9. The van der Waals surface area contributed by atoms with Gasteiger partial charge in [0.15, 0.2) is 5.69 Å². The summed E-state index contributed by atoms with van der Waals surface area (Å²) in [5, 5.41) is 13.2. The second-order valence-electron chi connectivity index (χ2n) is 5.68. The van der Waals surface area contributed by atoms with Gasteiger partial charge in [0, 0.05) is 10.6 Å². The van der Waals surface area contributed by atoms with E-state index in [1.54, 1.807) is 24.3 Å². The Hall–Kier alpha value is -2.84. The van der Waals surface area contributed by atoms with Gasteiger partial charge in [0.25, 0.3) is 0 Å². The van der Waals surface area contributed by atoms with Crippen molar-refractivity contribution in [2.45, 2.75) is 6.18 Å². The van der Waals surface area contributed by atoms with Crippen molar-refractivity contribution in [2.75, 3.05) is 5.73 Å². The highest BCUT2D eigenvalue weighted by molar-refractivity contribution is 6.38. The van der Waals surface area contributed by atoms with Crippen LogP contribution in [0.3, 0.4) is 0 Å². The van der Waals surface area contributed by atoms with Gasteiger partial charge in [-0.1, -0.05) is 46.6 Å². The van der Waals surface area contributed by atoms with Crippen LogP contribution in [0.2, 0.25) is 15.1 Å². The molecule has 0 aliphatic heterocycles. The molecule has 0 saturated carbocycles. The molecule has 3 aromatic rings. The summed E-state index contributed by atoms with van der Waals surface area (Å²) < 4.78 is 39.8. The molecule has 0 radical (unpaired) electrons. The van der Waals surface area contributed by atoms with Crippen LogP contribution in [0.4, 0.5) is 19.0 Å². The van der Waals surface area contributed by atoms with Crippen molar-refractivity contribution < 1.29 is 13.2 Å². The Kier molecular flexibility index (Phi) is 5.68. The summed E-state index contributed by atoms with van der Waals surface area (Å²) in [5.74, 6) is 5.47. The first-order valence-electron chi connectivity index (χ1n) is 7.74. The van der Waals surface area contributed by atoms with Crippen molar-refractivity contribution in [3.63, 3.8) is 0 Å². The minimum Gasteiger partial charge on any atom is -0.383 e. The number of alkyl halides is 3. The summed E-state index contributed by atoms with van der Waals surface area (Å²) in [4.78, 5) is 0. The lowest BCUT2D eigenvalue weighted by atomic mass is 10.2. The fourth-order valence-corrected chi connectivity index (χ4v) is 3.18. The molecular weight excluding hydrogens is 448 g/mol. The number of anilines is 1. The van der Waals surface area contributed by atoms with Gasteiger partial charge in [0.1, 0.15) is 23.1 Å². The average molecular weight is 456 g/mol. The van der Waals surface area contributed by atoms with E-state index in [4.69, 9.17) is 40.5 Å². The lowest BCUT2D eigenvalue weighted by Gasteiger charge is -2.13. The third-order valence-corrected chi connectivity index (χ3v) is 4.59. The van der Waals surface area contributed by atoms with Crippen LogP contribution in [0, 0.1) is 23.2 Å². The first-order chi connectivity index (χ1) is 13.6. The highest BCUT2D eigenvalue weighted by Gasteiger charge is 2.32. The molecule has 0 aliphatic rings. The van der Waals surface area contributed by atoms with Crippen molar-refractivity contribution >= 4 is 40.6 Å². The van der Waals surface area contributed by atoms with Gasteiger partial charge in [-0.05, 0) is 36.4 Å². The molecule has 1 heterocycles. The summed E-state index contributed by atoms with van der Waals surface area (Å²) in [6.45, 7) is 0. The molecule has 0 atom stereocenters. The van der Waals surface area contributed by atoms with E-state index in [9.17, 15) is 18.4 Å². The van der Waals surface area contributed by atoms with Crippen LogP contribution in [0.25, 0.3) is 5.69 Å². The largest absolute Gasteiger partial charge is 0.416 e. The van der Waals surface area contributed by atoms with Gasteiger partial charge in [-0.2, -0.15) is 23.5 Å². The molecule has 0 aliphatic carbocycles. The Balaban J connectivity index is 2.13. The first-order valence-corrected chi connectivity index (χ1v) is 8.88. The molecule has 0 fully saturated rings. The number of nitriles is 1. The van der Waals surface area contributed by atoms with Crippen LogP contribution in [0.5, 0.6) is 0 Å². The second kappa shape index (κ2) is 7.88. The molecule has 146 valence electrons. The van der Waals surface area contributed by atoms with Gasteiger partial charge in [-0.3, -0.25) is 0 Å². The molecule has 0 bridgehead atoms. The Morgan fingerprint density at radius 1 is 1.00 bits per heavy atom. The lowest BCUT2D eigenvalue weighted by Crippen LogP contribution is -2.08. The summed E-state index contributed by atoms with van der Waals surface area (Å²) in [7, 11) is 0. The molecule has 0 saturated heterocycles. The van der Waals surface area contributed by atoms with E-state index in [2.05, 4.69) is 16.9 Å². The monoisotopic (exact) mass is 454 g/mol. The van der Waals surface area contributed by atoms with Gasteiger partial charge < -0.3 is 5.73 Å². The molecule has 0 unspecified atom stereocenters. The number of rotatable bonds is 1. The molecule has 4 nitrogen and oxygen atoms in total. The number of halogens is 6. The van der Waals surface area contributed by atoms with E-state index in [1.807, 2.05) is 6.07 Å². The highest BCUT2D eigenvalue weighted by Crippen LogP contribution is 2.38. The molecule has 0 amide bonds. The lowest BCUT2D eigenvalue weighted by molar-refractivity contribution is -0.137. The number of aromatic nitrogens is 2. The van der Waals surface area contributed by atoms with Crippen molar-refractivity contribution in [3.8, 4) is 23.6 Å². The minimum absolute atomic E-state index is 0.0881. The van der Waals surface area contributed by atoms with Gasteiger partial charge in [-0.25, -0.2) is 4.68 Å². The topological polar surface area (TPSA) is 67.6 Å². The van der Waals surface area contributed by atoms with Crippen molar-refractivity contribution in [1.82, 2.24) is 9.78 Å². The summed E-state index contributed by atoms with van der Waals surface area (Å²) in [6, 6.07) is 9.88. The number of nitrogen functional groups attached to an aromatic ring is 1. The smallest absolute Gasteiger partial charge is 0.383 e. The van der Waals surface area contributed by atoms with Crippen molar-refractivity contribution in [1.29, 1.82) is 5.26 Å². The fourth-order valence-electron chi connectivity index (χ4n) is 2.40. The third kappa shape index (κ3) is 4.28. The highest BCUT2D eigenvalue weighted by atomic mass is 35.5. The maximum atomic E-state index is 12.9. The van der Waals surface area contributed by atoms with E-state index in [0.29, 0.717) is 22.7 Å². The molecule has 2 aromatic carbocycles. The predicted octanol–water partition coefficient (Wildman–Crippen LogP) is 5.70. The van der Waals surface area contributed by atoms with Crippen LogP contribution < -0.4 is 5.73 Å². The zero-order valence-electron chi connectivity index (χ0n) is 14.2. The number of hydrogen-bond acceptors (Lipinski definition) is 3. The molecule has 2 N–H and O–H groups in total. The average Bonchev–Trinajstić information content (AvgIpc) is 2.95. The minimum atomic E-state index is -4.63. The molecule has 10 heteroatoms. The van der Waals surface area contributed by atoms with Crippen molar-refractivity contribution in [2.24, 2.45) is 0 Å².